The Hall–Kier alpha value is -2.95. The zero-order valence-electron chi connectivity index (χ0n) is 14.9. The molecule has 3 aromatic carbocycles. The molecule has 28 heavy (non-hydrogen) atoms. The molecule has 0 aliphatic rings. The maximum Gasteiger partial charge on any atom is 0.355 e. The van der Waals surface area contributed by atoms with E-state index in [1.165, 1.54) is 11.3 Å². The lowest BCUT2D eigenvalue weighted by molar-refractivity contribution is 0.0739. The fourth-order valence-corrected chi connectivity index (χ4v) is 4.34. The Labute approximate surface area is 171 Å². The van der Waals surface area contributed by atoms with Crippen LogP contribution >= 0.6 is 22.9 Å². The Balaban J connectivity index is 1.59. The fraction of sp³-hybridized carbons (Fsp3) is 0.0435. The third kappa shape index (κ3) is 3.44. The maximum atomic E-state index is 12.6. The predicted octanol–water partition coefficient (Wildman–Crippen LogP) is 6.31. The molecule has 0 bridgehead atoms. The molecular formula is C23H15ClO3S. The molecule has 0 atom stereocenters. The van der Waals surface area contributed by atoms with Crippen molar-refractivity contribution < 1.29 is 14.3 Å². The van der Waals surface area contributed by atoms with Crippen molar-refractivity contribution in [3.63, 3.8) is 0 Å². The van der Waals surface area contributed by atoms with Crippen molar-refractivity contribution in [3.8, 4) is 5.75 Å². The summed E-state index contributed by atoms with van der Waals surface area (Å²) < 4.78 is 6.49. The minimum Gasteiger partial charge on any atom is -0.422 e. The quantitative estimate of drug-likeness (QED) is 0.226. The van der Waals surface area contributed by atoms with E-state index in [-0.39, 0.29) is 5.78 Å². The van der Waals surface area contributed by atoms with Gasteiger partial charge in [-0.3, -0.25) is 4.79 Å². The molecule has 4 rings (SSSR count). The van der Waals surface area contributed by atoms with E-state index >= 15 is 0 Å². The number of ether oxygens (including phenoxy) is 1. The van der Waals surface area contributed by atoms with Gasteiger partial charge in [0.1, 0.15) is 10.6 Å². The number of hydrogen-bond acceptors (Lipinski definition) is 4. The van der Waals surface area contributed by atoms with Crippen LogP contribution < -0.4 is 4.74 Å². The number of halogens is 1. The highest BCUT2D eigenvalue weighted by Crippen LogP contribution is 2.36. The van der Waals surface area contributed by atoms with E-state index in [1.807, 2.05) is 42.5 Å². The summed E-state index contributed by atoms with van der Waals surface area (Å²) >= 11 is 7.66. The van der Waals surface area contributed by atoms with Crippen molar-refractivity contribution >= 4 is 44.8 Å². The van der Waals surface area contributed by atoms with Crippen LogP contribution in [0.15, 0.2) is 72.8 Å². The van der Waals surface area contributed by atoms with E-state index in [4.69, 9.17) is 16.3 Å². The summed E-state index contributed by atoms with van der Waals surface area (Å²) in [7, 11) is 0. The number of aryl methyl sites for hydroxylation is 1. The molecule has 1 heterocycles. The number of rotatable bonds is 4. The number of benzene rings is 3. The molecule has 0 radical (unpaired) electrons. The van der Waals surface area contributed by atoms with Gasteiger partial charge in [0.15, 0.2) is 5.78 Å². The topological polar surface area (TPSA) is 43.4 Å². The van der Waals surface area contributed by atoms with Gasteiger partial charge in [0.25, 0.3) is 0 Å². The lowest BCUT2D eigenvalue weighted by Crippen LogP contribution is -2.09. The Kier molecular flexibility index (Phi) is 4.99. The highest BCUT2D eigenvalue weighted by atomic mass is 35.5. The number of carbonyl (C=O) groups is 2. The molecule has 0 unspecified atom stereocenters. The Morgan fingerprint density at radius 3 is 2.32 bits per heavy atom. The van der Waals surface area contributed by atoms with Gasteiger partial charge in [-0.25, -0.2) is 4.79 Å². The summed E-state index contributed by atoms with van der Waals surface area (Å²) in [6.45, 7) is 1.80. The Morgan fingerprint density at radius 1 is 0.893 bits per heavy atom. The van der Waals surface area contributed by atoms with Gasteiger partial charge in [0.05, 0.1) is 5.02 Å². The van der Waals surface area contributed by atoms with Crippen LogP contribution in [0.3, 0.4) is 0 Å². The molecule has 4 aromatic rings. The smallest absolute Gasteiger partial charge is 0.355 e. The molecular weight excluding hydrogens is 392 g/mol. The molecule has 1 aromatic heterocycles. The lowest BCUT2D eigenvalue weighted by Gasteiger charge is -2.09. The van der Waals surface area contributed by atoms with Crippen LogP contribution in [0.1, 0.15) is 31.2 Å². The second-order valence-corrected chi connectivity index (χ2v) is 7.74. The highest BCUT2D eigenvalue weighted by Gasteiger charge is 2.20. The molecule has 138 valence electrons. The lowest BCUT2D eigenvalue weighted by atomic mass is 10.0. The molecule has 0 amide bonds. The predicted molar refractivity (Wildman–Crippen MR) is 113 cm³/mol. The number of esters is 1. The zero-order chi connectivity index (χ0) is 19.7. The summed E-state index contributed by atoms with van der Waals surface area (Å²) in [5, 5.41) is 1.24. The monoisotopic (exact) mass is 406 g/mol. The van der Waals surface area contributed by atoms with Crippen LogP contribution in [0, 0.1) is 6.92 Å². The minimum absolute atomic E-state index is 0.0749. The first-order valence-electron chi connectivity index (χ1n) is 8.64. The summed E-state index contributed by atoms with van der Waals surface area (Å²) in [4.78, 5) is 25.6. The van der Waals surface area contributed by atoms with Crippen molar-refractivity contribution in [2.45, 2.75) is 6.92 Å². The van der Waals surface area contributed by atoms with Crippen molar-refractivity contribution in [1.82, 2.24) is 0 Å². The van der Waals surface area contributed by atoms with Gasteiger partial charge >= 0.3 is 5.97 Å². The molecule has 3 nitrogen and oxygen atoms in total. The van der Waals surface area contributed by atoms with Crippen molar-refractivity contribution in [2.24, 2.45) is 0 Å². The summed E-state index contributed by atoms with van der Waals surface area (Å²) in [6, 6.07) is 21.7. The van der Waals surface area contributed by atoms with Gasteiger partial charge in [-0.1, -0.05) is 60.1 Å². The number of hydrogen-bond donors (Lipinski definition) is 0. The van der Waals surface area contributed by atoms with Crippen molar-refractivity contribution in [3.05, 3.63) is 99.4 Å². The van der Waals surface area contributed by atoms with E-state index in [0.717, 1.165) is 10.1 Å². The largest absolute Gasteiger partial charge is 0.422 e. The van der Waals surface area contributed by atoms with Crippen LogP contribution in [0.5, 0.6) is 5.75 Å². The molecule has 0 fully saturated rings. The SMILES string of the molecule is Cc1cc(C(=O)c2ccccc2)ccc1OC(=O)c1sc2ccccc2c1Cl. The number of ketones is 1. The molecule has 0 saturated carbocycles. The molecule has 0 N–H and O–H groups in total. The standard InChI is InChI=1S/C23H15ClO3S/c1-14-13-16(21(25)15-7-3-2-4-8-15)11-12-18(14)27-23(26)22-20(24)17-9-5-6-10-19(17)28-22/h2-13H,1H3. The van der Waals surface area contributed by atoms with Gasteiger partial charge in [0, 0.05) is 21.2 Å². The second-order valence-electron chi connectivity index (χ2n) is 6.31. The molecule has 5 heteroatoms. The fourth-order valence-electron chi connectivity index (χ4n) is 2.95. The number of thiophene rings is 1. The second kappa shape index (κ2) is 7.58. The Morgan fingerprint density at radius 2 is 1.61 bits per heavy atom. The van der Waals surface area contributed by atoms with Crippen LogP contribution in [0.2, 0.25) is 5.02 Å². The van der Waals surface area contributed by atoms with E-state index in [2.05, 4.69) is 0 Å². The van der Waals surface area contributed by atoms with Gasteiger partial charge in [0.2, 0.25) is 0 Å². The van der Waals surface area contributed by atoms with Crippen LogP contribution in [0.4, 0.5) is 0 Å². The zero-order valence-corrected chi connectivity index (χ0v) is 16.5. The summed E-state index contributed by atoms with van der Waals surface area (Å²) in [6.07, 6.45) is 0. The average molecular weight is 407 g/mol. The van der Waals surface area contributed by atoms with Gasteiger partial charge in [-0.15, -0.1) is 11.3 Å². The molecule has 0 saturated heterocycles. The first-order valence-corrected chi connectivity index (χ1v) is 9.83. The summed E-state index contributed by atoms with van der Waals surface area (Å²) in [5.41, 5.74) is 1.86. The number of carbonyl (C=O) groups excluding carboxylic acids is 2. The van der Waals surface area contributed by atoms with Crippen LogP contribution in [0.25, 0.3) is 10.1 Å². The molecule has 0 spiro atoms. The normalized spacial score (nSPS) is 10.8. The van der Waals surface area contributed by atoms with Gasteiger partial charge in [-0.05, 0) is 36.8 Å². The first kappa shape index (κ1) is 18.4. The Bertz CT molecular complexity index is 1200. The molecule has 0 aliphatic carbocycles. The highest BCUT2D eigenvalue weighted by molar-refractivity contribution is 7.21. The first-order chi connectivity index (χ1) is 13.5. The molecule has 0 aliphatic heterocycles. The summed E-state index contributed by atoms with van der Waals surface area (Å²) in [5.74, 6) is -0.173. The van der Waals surface area contributed by atoms with E-state index in [0.29, 0.717) is 32.3 Å². The average Bonchev–Trinajstić information content (AvgIpc) is 3.06. The van der Waals surface area contributed by atoms with Crippen molar-refractivity contribution in [2.75, 3.05) is 0 Å². The van der Waals surface area contributed by atoms with E-state index in [9.17, 15) is 9.59 Å². The van der Waals surface area contributed by atoms with Crippen LogP contribution in [-0.4, -0.2) is 11.8 Å². The third-order valence-electron chi connectivity index (χ3n) is 4.40. The number of fused-ring (bicyclic) bond motifs is 1. The van der Waals surface area contributed by atoms with E-state index < -0.39 is 5.97 Å². The minimum atomic E-state index is -0.503. The van der Waals surface area contributed by atoms with Gasteiger partial charge in [-0.2, -0.15) is 0 Å². The van der Waals surface area contributed by atoms with Crippen molar-refractivity contribution in [1.29, 1.82) is 0 Å². The van der Waals surface area contributed by atoms with Gasteiger partial charge < -0.3 is 4.74 Å². The van der Waals surface area contributed by atoms with Crippen LogP contribution in [-0.2, 0) is 0 Å². The third-order valence-corrected chi connectivity index (χ3v) is 6.05. The maximum absolute atomic E-state index is 12.6. The van der Waals surface area contributed by atoms with E-state index in [1.54, 1.807) is 37.3 Å².